The van der Waals surface area contributed by atoms with Gasteiger partial charge in [0.05, 0.1) is 23.8 Å². The Labute approximate surface area is 132 Å². The van der Waals surface area contributed by atoms with Crippen LogP contribution in [-0.4, -0.2) is 57.7 Å². The fourth-order valence-electron chi connectivity index (χ4n) is 2.71. The van der Waals surface area contributed by atoms with Gasteiger partial charge >= 0.3 is 5.69 Å². The molecule has 1 aromatic heterocycles. The van der Waals surface area contributed by atoms with Crippen LogP contribution < -0.4 is 11.2 Å². The zero-order chi connectivity index (χ0) is 15.7. The van der Waals surface area contributed by atoms with Gasteiger partial charge in [0.15, 0.2) is 0 Å². The van der Waals surface area contributed by atoms with Crippen molar-refractivity contribution in [1.82, 2.24) is 14.0 Å². The number of ether oxygens (including phenoxy) is 1. The zero-order valence-electron chi connectivity index (χ0n) is 12.9. The number of nitrogens with zero attached hydrogens (tertiary/aromatic N) is 4. The summed E-state index contributed by atoms with van der Waals surface area (Å²) in [5.41, 5.74) is 0.0659. The van der Waals surface area contributed by atoms with E-state index in [1.54, 1.807) is 18.8 Å². The van der Waals surface area contributed by atoms with Crippen LogP contribution in [0.5, 0.6) is 0 Å². The van der Waals surface area contributed by atoms with Gasteiger partial charge in [-0.3, -0.25) is 18.8 Å². The highest BCUT2D eigenvalue weighted by Gasteiger charge is 2.23. The first-order valence-corrected chi connectivity index (χ1v) is 8.36. The summed E-state index contributed by atoms with van der Waals surface area (Å²) in [6, 6.07) is 0. The summed E-state index contributed by atoms with van der Waals surface area (Å²) in [6.45, 7) is 4.54. The summed E-state index contributed by atoms with van der Waals surface area (Å²) in [7, 11) is 3.17. The molecule has 2 aliphatic rings. The molecule has 0 aromatic carbocycles. The van der Waals surface area contributed by atoms with Crippen molar-refractivity contribution in [2.75, 3.05) is 38.6 Å². The molecule has 0 bridgehead atoms. The van der Waals surface area contributed by atoms with Gasteiger partial charge in [-0.05, 0) is 0 Å². The van der Waals surface area contributed by atoms with Gasteiger partial charge in [0.2, 0.25) is 0 Å². The number of aliphatic imine (C=N–C) groups is 1. The van der Waals surface area contributed by atoms with E-state index in [1.807, 2.05) is 0 Å². The van der Waals surface area contributed by atoms with Crippen molar-refractivity contribution in [3.05, 3.63) is 26.4 Å². The quantitative estimate of drug-likeness (QED) is 0.766. The van der Waals surface area contributed by atoms with Crippen molar-refractivity contribution in [3.8, 4) is 0 Å². The Morgan fingerprint density at radius 2 is 1.91 bits per heavy atom. The minimum Gasteiger partial charge on any atom is -0.379 e. The van der Waals surface area contributed by atoms with E-state index in [1.165, 1.54) is 11.6 Å². The number of fused-ring (bicyclic) bond motifs is 1. The Bertz CT molecular complexity index is 716. The largest absolute Gasteiger partial charge is 0.379 e. The van der Waals surface area contributed by atoms with Crippen LogP contribution in [0.2, 0.25) is 0 Å². The first kappa shape index (κ1) is 15.5. The van der Waals surface area contributed by atoms with Crippen molar-refractivity contribution >= 4 is 22.6 Å². The maximum atomic E-state index is 12.1. The third-order valence-corrected chi connectivity index (χ3v) is 5.02. The summed E-state index contributed by atoms with van der Waals surface area (Å²) in [4.78, 5) is 30.9. The minimum atomic E-state index is -0.327. The first-order chi connectivity index (χ1) is 10.6. The summed E-state index contributed by atoms with van der Waals surface area (Å²) in [5, 5.41) is 0.918. The normalized spacial score (nSPS) is 18.4. The first-order valence-electron chi connectivity index (χ1n) is 7.37. The molecular formula is C14H20N4O3S. The lowest BCUT2D eigenvalue weighted by Gasteiger charge is -2.26. The predicted octanol–water partition coefficient (Wildman–Crippen LogP) is -0.264. The minimum absolute atomic E-state index is 0.231. The summed E-state index contributed by atoms with van der Waals surface area (Å²) < 4.78 is 7.93. The van der Waals surface area contributed by atoms with Gasteiger partial charge in [0.25, 0.3) is 5.56 Å². The number of rotatable bonds is 3. The molecule has 120 valence electrons. The molecular weight excluding hydrogens is 304 g/mol. The van der Waals surface area contributed by atoms with Crippen LogP contribution in [0.4, 0.5) is 5.82 Å². The lowest BCUT2D eigenvalue weighted by Crippen LogP contribution is -2.38. The molecule has 1 saturated heterocycles. The van der Waals surface area contributed by atoms with Gasteiger partial charge in [-0.15, -0.1) is 11.8 Å². The van der Waals surface area contributed by atoms with Crippen LogP contribution in [-0.2, 0) is 25.3 Å². The molecule has 0 radical (unpaired) electrons. The van der Waals surface area contributed by atoms with E-state index >= 15 is 0 Å². The zero-order valence-corrected chi connectivity index (χ0v) is 13.7. The van der Waals surface area contributed by atoms with E-state index in [2.05, 4.69) is 9.89 Å². The molecule has 2 aliphatic heterocycles. The smallest absolute Gasteiger partial charge is 0.332 e. The molecule has 3 heterocycles. The van der Waals surface area contributed by atoms with Gasteiger partial charge in [-0.2, -0.15) is 0 Å². The predicted molar refractivity (Wildman–Crippen MR) is 87.4 cm³/mol. The average Bonchev–Trinajstić information content (AvgIpc) is 2.96. The Kier molecular flexibility index (Phi) is 4.51. The molecule has 0 amide bonds. The van der Waals surface area contributed by atoms with Crippen LogP contribution in [0.1, 0.15) is 5.56 Å². The van der Waals surface area contributed by atoms with Crippen LogP contribution in [0.15, 0.2) is 14.6 Å². The van der Waals surface area contributed by atoms with Crippen molar-refractivity contribution in [1.29, 1.82) is 0 Å². The van der Waals surface area contributed by atoms with E-state index in [-0.39, 0.29) is 11.2 Å². The molecule has 7 nitrogen and oxygen atoms in total. The lowest BCUT2D eigenvalue weighted by atomic mass is 10.2. The van der Waals surface area contributed by atoms with Crippen molar-refractivity contribution in [3.63, 3.8) is 0 Å². The molecule has 0 aliphatic carbocycles. The summed E-state index contributed by atoms with van der Waals surface area (Å²) in [6.07, 6.45) is 0.532. The van der Waals surface area contributed by atoms with Gasteiger partial charge in [0, 0.05) is 45.9 Å². The molecule has 0 unspecified atom stereocenters. The lowest BCUT2D eigenvalue weighted by molar-refractivity contribution is 0.0410. The van der Waals surface area contributed by atoms with Crippen molar-refractivity contribution < 1.29 is 4.74 Å². The molecule has 1 aromatic rings. The number of hydrogen-bond donors (Lipinski definition) is 0. The Hall–Kier alpha value is -1.38. The number of thioether (sulfide) groups is 1. The standard InChI is InChI=1S/C14H20N4O3S/c1-16-12-10(13(19)17(2)14(16)20)9-11(15-12)22-8-5-18-3-6-21-7-4-18/h3-9H2,1-2H3. The number of aromatic nitrogens is 2. The van der Waals surface area contributed by atoms with E-state index in [9.17, 15) is 9.59 Å². The molecule has 3 rings (SSSR count). The van der Waals surface area contributed by atoms with Crippen molar-refractivity contribution in [2.45, 2.75) is 6.42 Å². The molecule has 0 saturated carbocycles. The number of hydrogen-bond acceptors (Lipinski definition) is 6. The second kappa shape index (κ2) is 6.39. The summed E-state index contributed by atoms with van der Waals surface area (Å²) in [5.74, 6) is 1.45. The van der Waals surface area contributed by atoms with E-state index in [4.69, 9.17) is 4.74 Å². The van der Waals surface area contributed by atoms with E-state index in [0.29, 0.717) is 17.8 Å². The van der Waals surface area contributed by atoms with Crippen LogP contribution in [0.3, 0.4) is 0 Å². The van der Waals surface area contributed by atoms with Gasteiger partial charge in [-0.1, -0.05) is 0 Å². The van der Waals surface area contributed by atoms with E-state index in [0.717, 1.165) is 48.2 Å². The van der Waals surface area contributed by atoms with Crippen LogP contribution in [0, 0.1) is 0 Å². The Morgan fingerprint density at radius 1 is 1.18 bits per heavy atom. The van der Waals surface area contributed by atoms with Crippen LogP contribution in [0.25, 0.3) is 0 Å². The van der Waals surface area contributed by atoms with Gasteiger partial charge in [-0.25, -0.2) is 9.79 Å². The average molecular weight is 324 g/mol. The highest BCUT2D eigenvalue weighted by atomic mass is 32.2. The summed E-state index contributed by atoms with van der Waals surface area (Å²) >= 11 is 1.67. The second-order valence-corrected chi connectivity index (χ2v) is 6.66. The molecule has 8 heteroatoms. The van der Waals surface area contributed by atoms with Crippen LogP contribution >= 0.6 is 11.8 Å². The highest BCUT2D eigenvalue weighted by Crippen LogP contribution is 2.26. The molecule has 22 heavy (non-hydrogen) atoms. The van der Waals surface area contributed by atoms with E-state index < -0.39 is 0 Å². The van der Waals surface area contributed by atoms with Gasteiger partial charge in [0.1, 0.15) is 5.82 Å². The number of morpholine rings is 1. The molecule has 1 fully saturated rings. The maximum absolute atomic E-state index is 12.1. The topological polar surface area (TPSA) is 68.8 Å². The van der Waals surface area contributed by atoms with Crippen molar-refractivity contribution in [2.24, 2.45) is 19.1 Å². The Morgan fingerprint density at radius 3 is 2.64 bits per heavy atom. The highest BCUT2D eigenvalue weighted by molar-refractivity contribution is 8.14. The molecule has 0 N–H and O–H groups in total. The SMILES string of the molecule is Cn1c2c(c(=O)n(C)c1=O)CC(SCCN1CCOCC1)=N2. The third-order valence-electron chi connectivity index (χ3n) is 4.06. The van der Waals surface area contributed by atoms with Gasteiger partial charge < -0.3 is 4.74 Å². The fraction of sp³-hybridized carbons (Fsp3) is 0.643. The fourth-order valence-corrected chi connectivity index (χ4v) is 3.69. The monoisotopic (exact) mass is 324 g/mol. The second-order valence-electron chi connectivity index (χ2n) is 5.49. The third kappa shape index (κ3) is 2.90. The maximum Gasteiger partial charge on any atom is 0.332 e. The molecule has 0 atom stereocenters. The Balaban J connectivity index is 1.65. The molecule has 0 spiro atoms.